The van der Waals surface area contributed by atoms with Crippen LogP contribution >= 0.6 is 15.9 Å². The van der Waals surface area contributed by atoms with E-state index in [-0.39, 0.29) is 11.7 Å². The minimum Gasteiger partial charge on any atom is -0.321 e. The van der Waals surface area contributed by atoms with Crippen molar-refractivity contribution in [3.05, 3.63) is 68.2 Å². The molecule has 1 N–H and O–H groups in total. The number of aryl methyl sites for hydroxylation is 4. The van der Waals surface area contributed by atoms with Crippen LogP contribution in [-0.4, -0.2) is 10.9 Å². The third-order valence-corrected chi connectivity index (χ3v) is 5.55. The number of halogens is 2. The van der Waals surface area contributed by atoms with Crippen LogP contribution in [0, 0.1) is 19.7 Å². The summed E-state index contributed by atoms with van der Waals surface area (Å²) in [7, 11) is 0. The van der Waals surface area contributed by atoms with E-state index in [0.29, 0.717) is 36.2 Å². The van der Waals surface area contributed by atoms with Crippen LogP contribution in [0.2, 0.25) is 0 Å². The molecule has 0 fully saturated rings. The van der Waals surface area contributed by atoms with E-state index in [1.165, 1.54) is 12.1 Å². The number of benzene rings is 1. The van der Waals surface area contributed by atoms with Gasteiger partial charge in [0.2, 0.25) is 0 Å². The Morgan fingerprint density at radius 3 is 2.30 bits per heavy atom. The summed E-state index contributed by atoms with van der Waals surface area (Å²) in [6, 6.07) is 2.98. The molecule has 3 nitrogen and oxygen atoms in total. The summed E-state index contributed by atoms with van der Waals surface area (Å²) < 4.78 is 14.6. The van der Waals surface area contributed by atoms with Crippen molar-refractivity contribution in [2.24, 2.45) is 0 Å². The monoisotopic (exact) mass is 432 g/mol. The summed E-state index contributed by atoms with van der Waals surface area (Å²) in [6.07, 6.45) is 5.99. The Balaban J connectivity index is 2.51. The van der Waals surface area contributed by atoms with Gasteiger partial charge in [-0.1, -0.05) is 26.0 Å². The Hall–Kier alpha value is -2.01. The molecule has 1 heterocycles. The van der Waals surface area contributed by atoms with E-state index in [4.69, 9.17) is 0 Å². The molecule has 0 bridgehead atoms. The number of nitrogens with zero attached hydrogens (tertiary/aromatic N) is 1. The van der Waals surface area contributed by atoms with Gasteiger partial charge in [-0.05, 0) is 84.8 Å². The van der Waals surface area contributed by atoms with Gasteiger partial charge in [-0.25, -0.2) is 4.39 Å². The highest BCUT2D eigenvalue weighted by Gasteiger charge is 2.21. The molecule has 5 heteroatoms. The number of pyridine rings is 1. The van der Waals surface area contributed by atoms with Crippen LogP contribution in [0.1, 0.15) is 59.2 Å². The van der Waals surface area contributed by atoms with Crippen LogP contribution in [0.25, 0.3) is 0 Å². The van der Waals surface area contributed by atoms with Crippen LogP contribution in [-0.2, 0) is 19.3 Å². The number of allylic oxidation sites excluding steroid dienone is 2. The summed E-state index contributed by atoms with van der Waals surface area (Å²) >= 11 is 3.62. The number of carbonyl (C=O) groups is 1. The quantitative estimate of drug-likeness (QED) is 0.560. The Labute approximate surface area is 169 Å². The topological polar surface area (TPSA) is 42.0 Å². The summed E-state index contributed by atoms with van der Waals surface area (Å²) in [5, 5.41) is 3.02. The van der Waals surface area contributed by atoms with Crippen molar-refractivity contribution in [3.63, 3.8) is 0 Å². The highest BCUT2D eigenvalue weighted by molar-refractivity contribution is 9.10. The van der Waals surface area contributed by atoms with Gasteiger partial charge in [-0.3, -0.25) is 9.78 Å². The molecular formula is C22H26BrFN2O. The number of hydrogen-bond acceptors (Lipinski definition) is 2. The maximum Gasteiger partial charge on any atom is 0.258 e. The maximum absolute atomic E-state index is 13.8. The number of anilines is 1. The van der Waals surface area contributed by atoms with Crippen molar-refractivity contribution >= 4 is 27.5 Å². The lowest BCUT2D eigenvalue weighted by molar-refractivity contribution is 0.102. The lowest BCUT2D eigenvalue weighted by atomic mass is 10.0. The molecule has 2 rings (SSSR count). The van der Waals surface area contributed by atoms with Crippen molar-refractivity contribution in [1.82, 2.24) is 4.98 Å². The molecule has 27 heavy (non-hydrogen) atoms. The smallest absolute Gasteiger partial charge is 0.258 e. The first kappa shape index (κ1) is 21.3. The fourth-order valence-electron chi connectivity index (χ4n) is 3.20. The van der Waals surface area contributed by atoms with Crippen molar-refractivity contribution in [2.45, 2.75) is 53.9 Å². The number of rotatable bonds is 6. The molecule has 1 aromatic heterocycles. The second kappa shape index (κ2) is 9.27. The van der Waals surface area contributed by atoms with Gasteiger partial charge >= 0.3 is 0 Å². The van der Waals surface area contributed by atoms with Gasteiger partial charge in [-0.15, -0.1) is 0 Å². The van der Waals surface area contributed by atoms with E-state index < -0.39 is 0 Å². The minimum absolute atomic E-state index is 0.232. The SMILES string of the molecule is C/C=C/Cc1c(C)nc(C)c(C(=O)Nc2c(CC)cc(F)cc2CC)c1Br. The van der Waals surface area contributed by atoms with Crippen molar-refractivity contribution in [2.75, 3.05) is 5.32 Å². The maximum atomic E-state index is 13.8. The first-order valence-corrected chi connectivity index (χ1v) is 10.0. The third-order valence-electron chi connectivity index (χ3n) is 4.67. The summed E-state index contributed by atoms with van der Waals surface area (Å²) in [6.45, 7) is 9.65. The summed E-state index contributed by atoms with van der Waals surface area (Å²) in [5.74, 6) is -0.505. The number of amides is 1. The molecule has 0 saturated carbocycles. The average molecular weight is 433 g/mol. The third kappa shape index (κ3) is 4.64. The molecule has 0 aliphatic heterocycles. The molecule has 0 spiro atoms. The highest BCUT2D eigenvalue weighted by atomic mass is 79.9. The molecular weight excluding hydrogens is 407 g/mol. The molecule has 2 aromatic rings. The molecule has 0 saturated heterocycles. The molecule has 144 valence electrons. The predicted molar refractivity (Wildman–Crippen MR) is 113 cm³/mol. The number of aromatic nitrogens is 1. The number of nitrogens with one attached hydrogen (secondary N) is 1. The number of carbonyl (C=O) groups excluding carboxylic acids is 1. The molecule has 1 aromatic carbocycles. The van der Waals surface area contributed by atoms with Gasteiger partial charge in [0.25, 0.3) is 5.91 Å². The Bertz CT molecular complexity index is 865. The largest absolute Gasteiger partial charge is 0.321 e. The van der Waals surface area contributed by atoms with E-state index in [9.17, 15) is 9.18 Å². The van der Waals surface area contributed by atoms with Crippen LogP contribution in [0.5, 0.6) is 0 Å². The normalized spacial score (nSPS) is 11.2. The Morgan fingerprint density at radius 1 is 1.19 bits per heavy atom. The summed E-state index contributed by atoms with van der Waals surface area (Å²) in [4.78, 5) is 17.7. The lowest BCUT2D eigenvalue weighted by Gasteiger charge is -2.18. The van der Waals surface area contributed by atoms with Gasteiger partial charge in [0.05, 0.1) is 11.3 Å². The van der Waals surface area contributed by atoms with Gasteiger partial charge in [0.15, 0.2) is 0 Å². The van der Waals surface area contributed by atoms with E-state index in [2.05, 4.69) is 26.2 Å². The molecule has 0 aliphatic carbocycles. The van der Waals surface area contributed by atoms with Crippen molar-refractivity contribution in [3.8, 4) is 0 Å². The molecule has 0 unspecified atom stereocenters. The van der Waals surface area contributed by atoms with Crippen LogP contribution in [0.4, 0.5) is 10.1 Å². The van der Waals surface area contributed by atoms with Crippen LogP contribution in [0.15, 0.2) is 28.8 Å². The lowest BCUT2D eigenvalue weighted by Crippen LogP contribution is -2.19. The zero-order valence-electron chi connectivity index (χ0n) is 16.5. The molecule has 0 radical (unpaired) electrons. The standard InChI is InChI=1S/C22H26BrFN2O/c1-6-9-10-18-13(4)25-14(5)19(20(18)23)22(27)26-21-15(7-2)11-17(24)12-16(21)8-3/h6,9,11-12H,7-8,10H2,1-5H3,(H,26,27)/b9-6+. The molecule has 1 amide bonds. The van der Waals surface area contributed by atoms with Crippen molar-refractivity contribution < 1.29 is 9.18 Å². The highest BCUT2D eigenvalue weighted by Crippen LogP contribution is 2.30. The summed E-state index contributed by atoms with van der Waals surface area (Å²) in [5.41, 5.74) is 5.38. The van der Waals surface area contributed by atoms with E-state index in [1.54, 1.807) is 0 Å². The van der Waals surface area contributed by atoms with E-state index in [0.717, 1.165) is 26.9 Å². The predicted octanol–water partition coefficient (Wildman–Crippen LogP) is 6.10. The number of hydrogen-bond donors (Lipinski definition) is 1. The van der Waals surface area contributed by atoms with Crippen LogP contribution < -0.4 is 5.32 Å². The molecule has 0 aliphatic rings. The first-order chi connectivity index (χ1) is 12.8. The van der Waals surface area contributed by atoms with E-state index >= 15 is 0 Å². The second-order valence-corrected chi connectivity index (χ2v) is 7.28. The fourth-order valence-corrected chi connectivity index (χ4v) is 4.12. The minimum atomic E-state index is -0.273. The zero-order chi connectivity index (χ0) is 20.1. The fraction of sp³-hybridized carbons (Fsp3) is 0.364. The van der Waals surface area contributed by atoms with Crippen molar-refractivity contribution in [1.29, 1.82) is 0 Å². The van der Waals surface area contributed by atoms with Gasteiger partial charge in [0.1, 0.15) is 5.82 Å². The van der Waals surface area contributed by atoms with E-state index in [1.807, 2.05) is 46.8 Å². The Morgan fingerprint density at radius 2 is 1.78 bits per heavy atom. The average Bonchev–Trinajstić information content (AvgIpc) is 2.62. The molecule has 0 atom stereocenters. The zero-order valence-corrected chi connectivity index (χ0v) is 18.1. The van der Waals surface area contributed by atoms with Gasteiger partial charge in [0, 0.05) is 15.9 Å². The van der Waals surface area contributed by atoms with Crippen LogP contribution in [0.3, 0.4) is 0 Å². The second-order valence-electron chi connectivity index (χ2n) is 6.48. The van der Waals surface area contributed by atoms with Gasteiger partial charge in [-0.2, -0.15) is 0 Å². The first-order valence-electron chi connectivity index (χ1n) is 9.23. The van der Waals surface area contributed by atoms with Gasteiger partial charge < -0.3 is 5.32 Å². The Kier molecular flexibility index (Phi) is 7.31.